The van der Waals surface area contributed by atoms with Crippen LogP contribution in [0.2, 0.25) is 0 Å². The van der Waals surface area contributed by atoms with E-state index in [0.29, 0.717) is 12.5 Å². The molecule has 0 radical (unpaired) electrons. The molecule has 0 aromatic carbocycles. The van der Waals surface area contributed by atoms with Crippen molar-refractivity contribution >= 4 is 11.9 Å². The van der Waals surface area contributed by atoms with Crippen LogP contribution in [0, 0.1) is 0 Å². The van der Waals surface area contributed by atoms with Crippen LogP contribution >= 0.6 is 0 Å². The summed E-state index contributed by atoms with van der Waals surface area (Å²) in [5.41, 5.74) is -0.0598. The van der Waals surface area contributed by atoms with Crippen molar-refractivity contribution in [1.82, 2.24) is 0 Å². The zero-order valence-corrected chi connectivity index (χ0v) is 19.8. The van der Waals surface area contributed by atoms with Gasteiger partial charge in [0.05, 0.1) is 5.97 Å². The van der Waals surface area contributed by atoms with Gasteiger partial charge in [0.15, 0.2) is 0 Å². The summed E-state index contributed by atoms with van der Waals surface area (Å²) >= 11 is 0. The van der Waals surface area contributed by atoms with Crippen LogP contribution in [-0.2, 0) is 9.59 Å². The van der Waals surface area contributed by atoms with Crippen molar-refractivity contribution in [2.45, 2.75) is 116 Å². The van der Waals surface area contributed by atoms with Crippen molar-refractivity contribution in [3.8, 4) is 0 Å². The van der Waals surface area contributed by atoms with E-state index in [-0.39, 0.29) is 35.1 Å². The van der Waals surface area contributed by atoms with Crippen LogP contribution < -0.4 is 34.7 Å². The van der Waals surface area contributed by atoms with Crippen molar-refractivity contribution in [3.63, 3.8) is 0 Å². The van der Waals surface area contributed by atoms with Gasteiger partial charge in [-0.1, -0.05) is 103 Å². The summed E-state index contributed by atoms with van der Waals surface area (Å²) < 4.78 is 0. The van der Waals surface area contributed by atoms with E-state index in [0.717, 1.165) is 19.3 Å². The van der Waals surface area contributed by atoms with Gasteiger partial charge in [-0.3, -0.25) is 0 Å². The van der Waals surface area contributed by atoms with Crippen LogP contribution in [0.1, 0.15) is 116 Å². The molecule has 5 heteroatoms. The van der Waals surface area contributed by atoms with E-state index in [1.807, 2.05) is 0 Å². The Kier molecular flexibility index (Phi) is 23.5. The van der Waals surface area contributed by atoms with E-state index in [1.165, 1.54) is 83.5 Å². The third-order valence-corrected chi connectivity index (χ3v) is 4.87. The van der Waals surface area contributed by atoms with E-state index in [1.54, 1.807) is 0 Å². The Bertz CT molecular complexity index is 394. The number of carboxylic acid groups (broad SMARTS) is 2. The van der Waals surface area contributed by atoms with Gasteiger partial charge < -0.3 is 15.0 Å². The first-order valence-corrected chi connectivity index (χ1v) is 10.7. The standard InChI is InChI=1S/C22H40O4.Na/c1-2-3-4-5-6-7-8-9-10-11-12-13-14-15-16-17-18-20(22(25)26)19-21(23)24;/h19H,2-18H2,1H3,(H,23,24)(H,25,26);/q;+1/p-1. The normalized spacial score (nSPS) is 11.2. The van der Waals surface area contributed by atoms with E-state index in [4.69, 9.17) is 5.11 Å². The predicted octanol–water partition coefficient (Wildman–Crippen LogP) is 2.40. The molecule has 0 spiro atoms. The minimum Gasteiger partial charge on any atom is -0.545 e. The molecule has 0 amide bonds. The summed E-state index contributed by atoms with van der Waals surface area (Å²) in [6.07, 6.45) is 21.3. The second-order valence-corrected chi connectivity index (χ2v) is 7.35. The maximum Gasteiger partial charge on any atom is 1.00 e. The minimum atomic E-state index is -1.43. The molecule has 0 aliphatic carbocycles. The van der Waals surface area contributed by atoms with Gasteiger partial charge in [0, 0.05) is 5.57 Å². The number of carbonyl (C=O) groups is 2. The largest absolute Gasteiger partial charge is 1.00 e. The van der Waals surface area contributed by atoms with Gasteiger partial charge in [0.2, 0.25) is 0 Å². The monoisotopic (exact) mass is 390 g/mol. The molecule has 0 bridgehead atoms. The summed E-state index contributed by atoms with van der Waals surface area (Å²) in [6, 6.07) is 0. The first kappa shape index (κ1) is 28.9. The van der Waals surface area contributed by atoms with Crippen molar-refractivity contribution < 1.29 is 49.4 Å². The van der Waals surface area contributed by atoms with E-state index in [9.17, 15) is 14.7 Å². The summed E-state index contributed by atoms with van der Waals surface area (Å²) in [4.78, 5) is 21.3. The van der Waals surface area contributed by atoms with Crippen LogP contribution in [0.25, 0.3) is 0 Å². The first-order chi connectivity index (χ1) is 12.6. The van der Waals surface area contributed by atoms with Gasteiger partial charge in [0.1, 0.15) is 0 Å². The Labute approximate surface area is 188 Å². The molecule has 0 saturated heterocycles. The Morgan fingerprint density at radius 3 is 1.33 bits per heavy atom. The van der Waals surface area contributed by atoms with Crippen LogP contribution in [-0.4, -0.2) is 17.0 Å². The first-order valence-electron chi connectivity index (χ1n) is 10.7. The fourth-order valence-electron chi connectivity index (χ4n) is 3.25. The summed E-state index contributed by atoms with van der Waals surface area (Å²) in [7, 11) is 0. The minimum absolute atomic E-state index is 0. The van der Waals surface area contributed by atoms with E-state index < -0.39 is 11.9 Å². The van der Waals surface area contributed by atoms with Gasteiger partial charge in [-0.05, 0) is 18.9 Å². The molecule has 0 aromatic heterocycles. The molecule has 0 heterocycles. The number of hydrogen-bond donors (Lipinski definition) is 1. The maximum absolute atomic E-state index is 10.9. The Morgan fingerprint density at radius 2 is 1.04 bits per heavy atom. The third kappa shape index (κ3) is 21.8. The molecule has 0 saturated carbocycles. The topological polar surface area (TPSA) is 77.4 Å². The van der Waals surface area contributed by atoms with Gasteiger partial charge in [-0.2, -0.15) is 0 Å². The van der Waals surface area contributed by atoms with Gasteiger partial charge in [-0.25, -0.2) is 4.79 Å². The number of unbranched alkanes of at least 4 members (excludes halogenated alkanes) is 15. The average Bonchev–Trinajstić information content (AvgIpc) is 2.59. The zero-order chi connectivity index (χ0) is 19.5. The molecular weight excluding hydrogens is 351 g/mol. The molecule has 1 N–H and O–H groups in total. The summed E-state index contributed by atoms with van der Waals surface area (Å²) in [5, 5.41) is 19.3. The molecule has 4 nitrogen and oxygen atoms in total. The smallest absolute Gasteiger partial charge is 0.545 e. The van der Waals surface area contributed by atoms with Gasteiger partial charge >= 0.3 is 35.5 Å². The zero-order valence-electron chi connectivity index (χ0n) is 17.8. The van der Waals surface area contributed by atoms with Crippen molar-refractivity contribution in [2.24, 2.45) is 0 Å². The number of carboxylic acids is 2. The van der Waals surface area contributed by atoms with Crippen molar-refractivity contribution in [3.05, 3.63) is 11.6 Å². The van der Waals surface area contributed by atoms with Crippen LogP contribution in [0.3, 0.4) is 0 Å². The SMILES string of the molecule is CCCCCCCCCCCCCCCCCCC(=CC(=O)[O-])C(=O)O.[Na+]. The second kappa shape index (κ2) is 22.0. The molecule has 0 aliphatic rings. The van der Waals surface area contributed by atoms with Gasteiger partial charge in [-0.15, -0.1) is 0 Å². The van der Waals surface area contributed by atoms with Crippen LogP contribution in [0.15, 0.2) is 11.6 Å². The van der Waals surface area contributed by atoms with E-state index >= 15 is 0 Å². The molecule has 0 aromatic rings. The number of aliphatic carboxylic acids is 2. The third-order valence-electron chi connectivity index (χ3n) is 4.87. The quantitative estimate of drug-likeness (QED) is 0.209. The molecule has 27 heavy (non-hydrogen) atoms. The second-order valence-electron chi connectivity index (χ2n) is 7.35. The Morgan fingerprint density at radius 1 is 0.704 bits per heavy atom. The van der Waals surface area contributed by atoms with Gasteiger partial charge in [0.25, 0.3) is 0 Å². The fourth-order valence-corrected chi connectivity index (χ4v) is 3.25. The van der Waals surface area contributed by atoms with E-state index in [2.05, 4.69) is 6.92 Å². The number of hydrogen-bond acceptors (Lipinski definition) is 3. The van der Waals surface area contributed by atoms with Crippen molar-refractivity contribution in [1.29, 1.82) is 0 Å². The maximum atomic E-state index is 10.9. The molecular formula is C22H39NaO4. The number of carbonyl (C=O) groups excluding carboxylic acids is 1. The molecule has 0 fully saturated rings. The molecule has 0 rings (SSSR count). The fraction of sp³-hybridized carbons (Fsp3) is 0.818. The predicted molar refractivity (Wildman–Crippen MR) is 105 cm³/mol. The summed E-state index contributed by atoms with van der Waals surface area (Å²) in [5.74, 6) is -2.59. The Balaban J connectivity index is 0. The molecule has 0 unspecified atom stereocenters. The Hall–Kier alpha value is -0.320. The molecule has 0 atom stereocenters. The van der Waals surface area contributed by atoms with Crippen molar-refractivity contribution in [2.75, 3.05) is 0 Å². The van der Waals surface area contributed by atoms with Crippen LogP contribution in [0.4, 0.5) is 0 Å². The average molecular weight is 391 g/mol. The summed E-state index contributed by atoms with van der Waals surface area (Å²) in [6.45, 7) is 2.26. The molecule has 152 valence electrons. The van der Waals surface area contributed by atoms with Crippen LogP contribution in [0.5, 0.6) is 0 Å². The molecule has 0 aliphatic heterocycles. The number of rotatable bonds is 19.